The van der Waals surface area contributed by atoms with E-state index in [1.54, 1.807) is 0 Å². The molecular formula is C33H21N3S. The van der Waals surface area contributed by atoms with Gasteiger partial charge in [-0.3, -0.25) is 0 Å². The molecule has 0 saturated carbocycles. The van der Waals surface area contributed by atoms with Crippen molar-refractivity contribution < 1.29 is 0 Å². The maximum atomic E-state index is 5.02. The third kappa shape index (κ3) is 3.88. The third-order valence-electron chi connectivity index (χ3n) is 6.55. The van der Waals surface area contributed by atoms with Crippen LogP contribution in [0.5, 0.6) is 0 Å². The summed E-state index contributed by atoms with van der Waals surface area (Å²) in [6.45, 7) is 0. The zero-order valence-corrected chi connectivity index (χ0v) is 20.7. The van der Waals surface area contributed by atoms with Crippen LogP contribution in [-0.2, 0) is 0 Å². The predicted molar refractivity (Wildman–Crippen MR) is 154 cm³/mol. The van der Waals surface area contributed by atoms with Crippen LogP contribution < -0.4 is 0 Å². The van der Waals surface area contributed by atoms with Crippen molar-refractivity contribution >= 4 is 31.5 Å². The number of aromatic nitrogens is 3. The first-order valence-electron chi connectivity index (χ1n) is 12.2. The molecule has 3 nitrogen and oxygen atoms in total. The van der Waals surface area contributed by atoms with E-state index in [0.717, 1.165) is 16.7 Å². The van der Waals surface area contributed by atoms with Crippen LogP contribution in [0.1, 0.15) is 0 Å². The summed E-state index contributed by atoms with van der Waals surface area (Å²) in [6.07, 6.45) is 0. The molecule has 2 aromatic heterocycles. The Labute approximate surface area is 218 Å². The Balaban J connectivity index is 1.54. The van der Waals surface area contributed by atoms with Crippen molar-refractivity contribution in [3.05, 3.63) is 127 Å². The Morgan fingerprint density at radius 3 is 1.32 bits per heavy atom. The van der Waals surface area contributed by atoms with E-state index < -0.39 is 0 Å². The topological polar surface area (TPSA) is 38.7 Å². The summed E-state index contributed by atoms with van der Waals surface area (Å²) in [4.78, 5) is 14.9. The van der Waals surface area contributed by atoms with E-state index in [4.69, 9.17) is 15.0 Å². The fraction of sp³-hybridized carbons (Fsp3) is 0. The van der Waals surface area contributed by atoms with Crippen molar-refractivity contribution in [2.75, 3.05) is 0 Å². The van der Waals surface area contributed by atoms with Crippen LogP contribution in [0.3, 0.4) is 0 Å². The van der Waals surface area contributed by atoms with Crippen LogP contribution in [0.4, 0.5) is 0 Å². The van der Waals surface area contributed by atoms with Gasteiger partial charge in [0, 0.05) is 36.9 Å². The first-order chi connectivity index (χ1) is 18.3. The van der Waals surface area contributed by atoms with Gasteiger partial charge in [0.1, 0.15) is 0 Å². The Morgan fingerprint density at radius 1 is 0.351 bits per heavy atom. The Hall–Kier alpha value is -4.67. The molecule has 4 heteroatoms. The minimum absolute atomic E-state index is 0.671. The molecule has 174 valence electrons. The maximum Gasteiger partial charge on any atom is 0.164 e. The molecule has 37 heavy (non-hydrogen) atoms. The second-order valence-corrected chi connectivity index (χ2v) is 9.95. The van der Waals surface area contributed by atoms with Crippen LogP contribution in [0, 0.1) is 0 Å². The van der Waals surface area contributed by atoms with E-state index in [-0.39, 0.29) is 0 Å². The van der Waals surface area contributed by atoms with Crippen molar-refractivity contribution in [1.29, 1.82) is 0 Å². The Kier molecular flexibility index (Phi) is 5.30. The SMILES string of the molecule is c1ccc(-c2nc(-c3ccccc3)nc(-c3cccc4sc5cccc(-c6ccccc6)c5c34)n2)cc1. The summed E-state index contributed by atoms with van der Waals surface area (Å²) >= 11 is 1.81. The summed E-state index contributed by atoms with van der Waals surface area (Å²) in [7, 11) is 0. The van der Waals surface area contributed by atoms with Gasteiger partial charge in [-0.05, 0) is 23.3 Å². The van der Waals surface area contributed by atoms with Crippen molar-refractivity contribution in [3.63, 3.8) is 0 Å². The molecule has 0 atom stereocenters. The molecule has 0 aliphatic heterocycles. The van der Waals surface area contributed by atoms with Crippen molar-refractivity contribution in [2.45, 2.75) is 0 Å². The summed E-state index contributed by atoms with van der Waals surface area (Å²) in [5.41, 5.74) is 5.38. The van der Waals surface area contributed by atoms with Gasteiger partial charge in [0.05, 0.1) is 0 Å². The van der Waals surface area contributed by atoms with Gasteiger partial charge in [-0.15, -0.1) is 11.3 Å². The molecule has 7 aromatic rings. The Bertz CT molecular complexity index is 1800. The standard InChI is InChI=1S/C33H21N3S/c1-4-12-22(13-5-1)25-18-10-20-27-29(25)30-26(19-11-21-28(30)37-27)33-35-31(23-14-6-2-7-15-23)34-32(36-33)24-16-8-3-9-17-24/h1-21H. The molecule has 0 fully saturated rings. The van der Waals surface area contributed by atoms with Gasteiger partial charge < -0.3 is 0 Å². The van der Waals surface area contributed by atoms with Crippen molar-refractivity contribution in [1.82, 2.24) is 15.0 Å². The maximum absolute atomic E-state index is 5.02. The fourth-order valence-electron chi connectivity index (χ4n) is 4.84. The van der Waals surface area contributed by atoms with Crippen molar-refractivity contribution in [2.24, 2.45) is 0 Å². The largest absolute Gasteiger partial charge is 0.208 e. The van der Waals surface area contributed by atoms with Crippen molar-refractivity contribution in [3.8, 4) is 45.3 Å². The summed E-state index contributed by atoms with van der Waals surface area (Å²) < 4.78 is 2.48. The highest BCUT2D eigenvalue weighted by Crippen LogP contribution is 2.43. The number of hydrogen-bond acceptors (Lipinski definition) is 4. The molecule has 2 heterocycles. The van der Waals surface area contributed by atoms with Crippen LogP contribution >= 0.6 is 11.3 Å². The molecule has 0 aliphatic rings. The lowest BCUT2D eigenvalue weighted by Crippen LogP contribution is -2.00. The lowest BCUT2D eigenvalue weighted by atomic mass is 9.97. The second-order valence-electron chi connectivity index (χ2n) is 8.86. The highest BCUT2D eigenvalue weighted by atomic mass is 32.1. The first-order valence-corrected chi connectivity index (χ1v) is 13.0. The van der Waals surface area contributed by atoms with Crippen LogP contribution in [-0.4, -0.2) is 15.0 Å². The minimum Gasteiger partial charge on any atom is -0.208 e. The fourth-order valence-corrected chi connectivity index (χ4v) is 6.00. The molecule has 0 amide bonds. The normalized spacial score (nSPS) is 11.2. The highest BCUT2D eigenvalue weighted by molar-refractivity contribution is 7.26. The van der Waals surface area contributed by atoms with Gasteiger partial charge >= 0.3 is 0 Å². The van der Waals surface area contributed by atoms with Crippen LogP contribution in [0.2, 0.25) is 0 Å². The quantitative estimate of drug-likeness (QED) is 0.247. The monoisotopic (exact) mass is 491 g/mol. The molecule has 7 rings (SSSR count). The molecule has 0 bridgehead atoms. The summed E-state index contributed by atoms with van der Waals surface area (Å²) in [5, 5.41) is 2.43. The number of hydrogen-bond donors (Lipinski definition) is 0. The van der Waals surface area contributed by atoms with E-state index in [0.29, 0.717) is 17.5 Å². The average Bonchev–Trinajstić information content (AvgIpc) is 3.37. The van der Waals surface area contributed by atoms with E-state index in [1.807, 2.05) is 72.0 Å². The van der Waals surface area contributed by atoms with Gasteiger partial charge in [-0.25, -0.2) is 15.0 Å². The predicted octanol–water partition coefficient (Wildman–Crippen LogP) is 8.91. The molecule has 0 saturated heterocycles. The minimum atomic E-state index is 0.671. The molecule has 0 radical (unpaired) electrons. The van der Waals surface area contributed by atoms with Gasteiger partial charge in [-0.2, -0.15) is 0 Å². The summed E-state index contributed by atoms with van der Waals surface area (Å²) in [5.74, 6) is 2.02. The Morgan fingerprint density at radius 2 is 0.784 bits per heavy atom. The van der Waals surface area contributed by atoms with Gasteiger partial charge in [-0.1, -0.05) is 115 Å². The van der Waals surface area contributed by atoms with Crippen LogP contribution in [0.15, 0.2) is 127 Å². The second kappa shape index (κ2) is 9.08. The summed E-state index contributed by atoms with van der Waals surface area (Å²) in [6, 6.07) is 43.8. The van der Waals surface area contributed by atoms with Gasteiger partial charge in [0.25, 0.3) is 0 Å². The molecule has 0 spiro atoms. The number of fused-ring (bicyclic) bond motifs is 3. The van der Waals surface area contributed by atoms with E-state index in [9.17, 15) is 0 Å². The molecule has 0 N–H and O–H groups in total. The molecule has 0 unspecified atom stereocenters. The van der Waals surface area contributed by atoms with E-state index in [2.05, 4.69) is 66.7 Å². The number of benzene rings is 5. The smallest absolute Gasteiger partial charge is 0.164 e. The third-order valence-corrected chi connectivity index (χ3v) is 7.67. The highest BCUT2D eigenvalue weighted by Gasteiger charge is 2.18. The van der Waals surface area contributed by atoms with Gasteiger partial charge in [0.2, 0.25) is 0 Å². The molecular weight excluding hydrogens is 470 g/mol. The first kappa shape index (κ1) is 21.6. The van der Waals surface area contributed by atoms with E-state index >= 15 is 0 Å². The number of thiophene rings is 1. The van der Waals surface area contributed by atoms with E-state index in [1.165, 1.54) is 31.3 Å². The zero-order valence-electron chi connectivity index (χ0n) is 19.9. The lowest BCUT2D eigenvalue weighted by Gasteiger charge is -2.10. The number of rotatable bonds is 4. The van der Waals surface area contributed by atoms with Crippen LogP contribution in [0.25, 0.3) is 65.5 Å². The van der Waals surface area contributed by atoms with Gasteiger partial charge in [0.15, 0.2) is 17.5 Å². The lowest BCUT2D eigenvalue weighted by molar-refractivity contribution is 1.08. The molecule has 5 aromatic carbocycles. The zero-order chi connectivity index (χ0) is 24.6. The molecule has 0 aliphatic carbocycles. The number of nitrogens with zero attached hydrogens (tertiary/aromatic N) is 3. The average molecular weight is 492 g/mol.